The Kier molecular flexibility index (Phi) is 7.05. The molecule has 0 aliphatic carbocycles. The molecule has 2 aromatic carbocycles. The quantitative estimate of drug-likeness (QED) is 0.625. The number of nitrogens with one attached hydrogen (secondary N) is 1. The van der Waals surface area contributed by atoms with Crippen LogP contribution in [0.15, 0.2) is 48.5 Å². The number of ether oxygens (including phenoxy) is 2. The molecule has 0 spiro atoms. The molecule has 4 aliphatic heterocycles. The Hall–Kier alpha value is -3.06. The van der Waals surface area contributed by atoms with E-state index in [2.05, 4.69) is 15.1 Å². The van der Waals surface area contributed by atoms with Crippen molar-refractivity contribution in [2.75, 3.05) is 38.2 Å². The van der Waals surface area contributed by atoms with E-state index in [9.17, 15) is 9.59 Å². The van der Waals surface area contributed by atoms with E-state index in [-0.39, 0.29) is 17.9 Å². The highest BCUT2D eigenvalue weighted by Crippen LogP contribution is 2.43. The molecule has 3 saturated heterocycles. The van der Waals surface area contributed by atoms with E-state index in [4.69, 9.17) is 9.47 Å². The fourth-order valence-corrected chi connectivity index (χ4v) is 7.16. The van der Waals surface area contributed by atoms with Crippen molar-refractivity contribution >= 4 is 17.5 Å². The van der Waals surface area contributed by atoms with Crippen LogP contribution in [0.4, 0.5) is 5.69 Å². The zero-order chi connectivity index (χ0) is 25.2. The average molecular weight is 504 g/mol. The number of carbonyl (C=O) groups excluding carboxylic acids is 2. The SMILES string of the molecule is O=C(CCC[C@@H]1[C@H]2CCCN3CCC[C@@H](CN1C(=O)c1ccccc1)[C@@H]23)Nc1ccc2c(c1)OCCO2. The molecule has 37 heavy (non-hydrogen) atoms. The highest BCUT2D eigenvalue weighted by atomic mass is 16.6. The summed E-state index contributed by atoms with van der Waals surface area (Å²) >= 11 is 0. The summed E-state index contributed by atoms with van der Waals surface area (Å²) in [6, 6.07) is 16.0. The third-order valence-electron chi connectivity index (χ3n) is 8.68. The summed E-state index contributed by atoms with van der Waals surface area (Å²) in [5.41, 5.74) is 1.49. The van der Waals surface area contributed by atoms with Gasteiger partial charge in [0.05, 0.1) is 0 Å². The molecular weight excluding hydrogens is 466 g/mol. The lowest BCUT2D eigenvalue weighted by atomic mass is 9.69. The van der Waals surface area contributed by atoms with E-state index < -0.39 is 0 Å². The van der Waals surface area contributed by atoms with Crippen LogP contribution in [-0.2, 0) is 4.79 Å². The van der Waals surface area contributed by atoms with Crippen molar-refractivity contribution in [1.29, 1.82) is 0 Å². The molecular formula is C30H37N3O4. The molecule has 7 nitrogen and oxygen atoms in total. The summed E-state index contributed by atoms with van der Waals surface area (Å²) in [6.45, 7) is 4.28. The number of rotatable bonds is 6. The molecule has 196 valence electrons. The lowest BCUT2D eigenvalue weighted by Crippen LogP contribution is -2.65. The highest BCUT2D eigenvalue weighted by molar-refractivity contribution is 5.94. The van der Waals surface area contributed by atoms with Crippen LogP contribution in [0.5, 0.6) is 11.5 Å². The number of piperidine rings is 3. The van der Waals surface area contributed by atoms with E-state index in [1.807, 2.05) is 48.5 Å². The molecule has 0 aromatic heterocycles. The van der Waals surface area contributed by atoms with Gasteiger partial charge in [0.25, 0.3) is 5.91 Å². The molecule has 0 bridgehead atoms. The summed E-state index contributed by atoms with van der Waals surface area (Å²) in [6.07, 6.45) is 6.85. The van der Waals surface area contributed by atoms with Crippen molar-refractivity contribution in [3.05, 3.63) is 54.1 Å². The van der Waals surface area contributed by atoms with Gasteiger partial charge in [-0.15, -0.1) is 0 Å². The zero-order valence-electron chi connectivity index (χ0n) is 21.4. The number of anilines is 1. The molecule has 7 heteroatoms. The summed E-state index contributed by atoms with van der Waals surface area (Å²) in [5.74, 6) is 2.57. The molecule has 4 atom stereocenters. The normalized spacial score (nSPS) is 26.8. The molecule has 2 aromatic rings. The van der Waals surface area contributed by atoms with Gasteiger partial charge < -0.3 is 19.7 Å². The van der Waals surface area contributed by atoms with Crippen LogP contribution in [0.3, 0.4) is 0 Å². The Morgan fingerprint density at radius 2 is 1.73 bits per heavy atom. The van der Waals surface area contributed by atoms with Crippen LogP contribution in [0.2, 0.25) is 0 Å². The molecule has 0 radical (unpaired) electrons. The maximum atomic E-state index is 13.7. The Morgan fingerprint density at radius 1 is 0.946 bits per heavy atom. The van der Waals surface area contributed by atoms with Crippen LogP contribution < -0.4 is 14.8 Å². The van der Waals surface area contributed by atoms with Crippen molar-refractivity contribution < 1.29 is 19.1 Å². The Balaban J connectivity index is 1.14. The van der Waals surface area contributed by atoms with Crippen molar-refractivity contribution in [2.24, 2.45) is 11.8 Å². The van der Waals surface area contributed by atoms with Gasteiger partial charge in [0.2, 0.25) is 5.91 Å². The third-order valence-corrected chi connectivity index (χ3v) is 8.68. The number of hydrogen-bond donors (Lipinski definition) is 1. The number of hydrogen-bond acceptors (Lipinski definition) is 5. The molecule has 6 rings (SSSR count). The molecule has 0 unspecified atom stereocenters. The van der Waals surface area contributed by atoms with Gasteiger partial charge in [-0.25, -0.2) is 0 Å². The van der Waals surface area contributed by atoms with Crippen LogP contribution in [0.25, 0.3) is 0 Å². The summed E-state index contributed by atoms with van der Waals surface area (Å²) in [7, 11) is 0. The van der Waals surface area contributed by atoms with Gasteiger partial charge in [-0.1, -0.05) is 18.2 Å². The molecule has 3 fully saturated rings. The van der Waals surface area contributed by atoms with Gasteiger partial charge in [-0.05, 0) is 87.7 Å². The van der Waals surface area contributed by atoms with Crippen LogP contribution in [0.1, 0.15) is 55.3 Å². The second-order valence-corrected chi connectivity index (χ2v) is 10.9. The van der Waals surface area contributed by atoms with Gasteiger partial charge in [0.15, 0.2) is 11.5 Å². The Bertz CT molecular complexity index is 1120. The smallest absolute Gasteiger partial charge is 0.254 e. The second kappa shape index (κ2) is 10.7. The zero-order valence-corrected chi connectivity index (χ0v) is 21.4. The monoisotopic (exact) mass is 503 g/mol. The second-order valence-electron chi connectivity index (χ2n) is 10.9. The van der Waals surface area contributed by atoms with E-state index in [0.717, 1.165) is 30.6 Å². The predicted octanol–water partition coefficient (Wildman–Crippen LogP) is 4.58. The van der Waals surface area contributed by atoms with E-state index in [1.165, 1.54) is 38.8 Å². The van der Waals surface area contributed by atoms with Gasteiger partial charge in [-0.3, -0.25) is 14.5 Å². The number of benzene rings is 2. The Morgan fingerprint density at radius 3 is 2.57 bits per heavy atom. The van der Waals surface area contributed by atoms with Crippen molar-refractivity contribution in [2.45, 2.75) is 57.0 Å². The predicted molar refractivity (Wildman–Crippen MR) is 142 cm³/mol. The van der Waals surface area contributed by atoms with E-state index >= 15 is 0 Å². The number of carbonyl (C=O) groups is 2. The topological polar surface area (TPSA) is 71.1 Å². The number of likely N-dealkylation sites (tertiary alicyclic amines) is 1. The minimum atomic E-state index is -0.00534. The maximum Gasteiger partial charge on any atom is 0.254 e. The third kappa shape index (κ3) is 5.06. The molecule has 0 saturated carbocycles. The van der Waals surface area contributed by atoms with Crippen LogP contribution >= 0.6 is 0 Å². The summed E-state index contributed by atoms with van der Waals surface area (Å²) < 4.78 is 11.2. The lowest BCUT2D eigenvalue weighted by molar-refractivity contribution is -0.116. The number of nitrogens with zero attached hydrogens (tertiary/aromatic N) is 2. The van der Waals surface area contributed by atoms with Crippen molar-refractivity contribution in [3.63, 3.8) is 0 Å². The standard InChI is InChI=1S/C30H37N3O4/c34-28(31-23-13-14-26-27(19-23)37-18-17-36-26)12-4-11-25-24-10-6-16-32-15-5-9-22(29(24)32)20-33(25)30(35)21-7-2-1-3-8-21/h1-3,7-8,13-14,19,22,24-25,29H,4-6,9-12,15-18,20H2,(H,31,34)/t22-,24+,25+,29-/m0/s1. The van der Waals surface area contributed by atoms with Gasteiger partial charge in [0, 0.05) is 42.4 Å². The molecule has 4 heterocycles. The largest absolute Gasteiger partial charge is 0.486 e. The molecule has 2 amide bonds. The van der Waals surface area contributed by atoms with E-state index in [1.54, 1.807) is 0 Å². The first-order chi connectivity index (χ1) is 18.2. The summed E-state index contributed by atoms with van der Waals surface area (Å²) in [5, 5.41) is 3.02. The first kappa shape index (κ1) is 24.3. The van der Waals surface area contributed by atoms with Crippen LogP contribution in [0, 0.1) is 11.8 Å². The van der Waals surface area contributed by atoms with Gasteiger partial charge in [0.1, 0.15) is 13.2 Å². The fourth-order valence-electron chi connectivity index (χ4n) is 7.16. The minimum absolute atomic E-state index is 0.00534. The first-order valence-corrected chi connectivity index (χ1v) is 14.0. The fraction of sp³-hybridized carbons (Fsp3) is 0.533. The highest BCUT2D eigenvalue weighted by Gasteiger charge is 2.49. The average Bonchev–Trinajstić information content (AvgIpc) is 2.94. The minimum Gasteiger partial charge on any atom is -0.486 e. The van der Waals surface area contributed by atoms with Crippen molar-refractivity contribution in [1.82, 2.24) is 9.80 Å². The lowest BCUT2D eigenvalue weighted by Gasteiger charge is -2.57. The molecule has 1 N–H and O–H groups in total. The number of fused-ring (bicyclic) bond motifs is 1. The maximum absolute atomic E-state index is 13.7. The van der Waals surface area contributed by atoms with Gasteiger partial charge >= 0.3 is 0 Å². The first-order valence-electron chi connectivity index (χ1n) is 14.0. The van der Waals surface area contributed by atoms with E-state index in [0.29, 0.717) is 49.0 Å². The van der Waals surface area contributed by atoms with Gasteiger partial charge in [-0.2, -0.15) is 0 Å². The summed E-state index contributed by atoms with van der Waals surface area (Å²) in [4.78, 5) is 31.4. The van der Waals surface area contributed by atoms with Crippen LogP contribution in [-0.4, -0.2) is 66.5 Å². The Labute approximate surface area is 219 Å². The molecule has 4 aliphatic rings. The number of amides is 2. The van der Waals surface area contributed by atoms with Crippen molar-refractivity contribution in [3.8, 4) is 11.5 Å².